The van der Waals surface area contributed by atoms with E-state index in [1.54, 1.807) is 17.0 Å². The lowest BCUT2D eigenvalue weighted by atomic mass is 10.00. The molecule has 2 aliphatic rings. The Bertz CT molecular complexity index is 1670. The van der Waals surface area contributed by atoms with Crippen molar-refractivity contribution in [2.45, 2.75) is 77.1 Å². The molecule has 4 heterocycles. The first-order chi connectivity index (χ1) is 20.0. The average Bonchev–Trinajstić information content (AvgIpc) is 3.69. The highest BCUT2D eigenvalue weighted by Crippen LogP contribution is 2.36. The van der Waals surface area contributed by atoms with E-state index in [4.69, 9.17) is 9.72 Å². The standard InChI is InChI=1S/C31H35F2N5O4/c1-31(2,3)42-30(41)37-13-5-7-21(37)17-38-26-11-9-19(33)15-25(26)35-28(38)27-23(16-20-6-4-12-36(20)29(39)40)22-10-8-18(32)14-24(22)34-27/h8-11,14-15,20-21,34H,4-7,12-13,16-17H2,1-3H3,(H,39,40). The van der Waals surface area contributed by atoms with E-state index in [-0.39, 0.29) is 18.2 Å². The number of hydrogen-bond donors (Lipinski definition) is 2. The zero-order chi connectivity index (χ0) is 29.8. The number of fused-ring (bicyclic) bond motifs is 2. The highest BCUT2D eigenvalue weighted by atomic mass is 19.1. The number of benzene rings is 2. The molecule has 2 aromatic carbocycles. The maximum atomic E-state index is 14.4. The van der Waals surface area contributed by atoms with Crippen LogP contribution in [0.15, 0.2) is 36.4 Å². The normalized spacial score (nSPS) is 19.4. The van der Waals surface area contributed by atoms with Gasteiger partial charge in [-0.25, -0.2) is 23.4 Å². The summed E-state index contributed by atoms with van der Waals surface area (Å²) in [6, 6.07) is 8.53. The molecule has 6 rings (SSSR count). The molecule has 2 saturated heterocycles. The Balaban J connectivity index is 1.47. The zero-order valence-corrected chi connectivity index (χ0v) is 24.0. The summed E-state index contributed by atoms with van der Waals surface area (Å²) in [5.41, 5.74) is 2.55. The molecule has 2 fully saturated rings. The molecule has 4 aromatic rings. The molecule has 0 saturated carbocycles. The molecule has 0 radical (unpaired) electrons. The Hall–Kier alpha value is -4.15. The van der Waals surface area contributed by atoms with Crippen molar-refractivity contribution in [3.8, 4) is 11.5 Å². The summed E-state index contributed by atoms with van der Waals surface area (Å²) in [7, 11) is 0. The highest BCUT2D eigenvalue weighted by Gasteiger charge is 2.35. The zero-order valence-electron chi connectivity index (χ0n) is 24.0. The van der Waals surface area contributed by atoms with Crippen LogP contribution in [0.1, 0.15) is 52.0 Å². The van der Waals surface area contributed by atoms with Crippen LogP contribution >= 0.6 is 0 Å². The van der Waals surface area contributed by atoms with Crippen molar-refractivity contribution in [3.05, 3.63) is 53.6 Å². The maximum Gasteiger partial charge on any atom is 0.410 e. The molecule has 11 heteroatoms. The van der Waals surface area contributed by atoms with E-state index >= 15 is 0 Å². The maximum absolute atomic E-state index is 14.4. The number of ether oxygens (including phenoxy) is 1. The Morgan fingerprint density at radius 3 is 2.45 bits per heavy atom. The van der Waals surface area contributed by atoms with Gasteiger partial charge in [-0.2, -0.15) is 0 Å². The molecule has 9 nitrogen and oxygen atoms in total. The van der Waals surface area contributed by atoms with Crippen LogP contribution in [0.2, 0.25) is 0 Å². The van der Waals surface area contributed by atoms with E-state index in [0.717, 1.165) is 30.2 Å². The summed E-state index contributed by atoms with van der Waals surface area (Å²) in [6.45, 7) is 6.93. The van der Waals surface area contributed by atoms with E-state index in [0.29, 0.717) is 60.5 Å². The number of nitrogens with zero attached hydrogens (tertiary/aromatic N) is 4. The topological polar surface area (TPSA) is 104 Å². The molecular formula is C31H35F2N5O4. The average molecular weight is 580 g/mol. The molecule has 2 N–H and O–H groups in total. The largest absolute Gasteiger partial charge is 0.465 e. The number of hydrogen-bond acceptors (Lipinski definition) is 4. The van der Waals surface area contributed by atoms with Crippen LogP contribution in [0, 0.1) is 11.6 Å². The smallest absolute Gasteiger partial charge is 0.410 e. The van der Waals surface area contributed by atoms with E-state index in [2.05, 4.69) is 4.98 Å². The molecule has 0 bridgehead atoms. The first-order valence-electron chi connectivity index (χ1n) is 14.4. The summed E-state index contributed by atoms with van der Waals surface area (Å²) in [5, 5.41) is 10.6. The van der Waals surface area contributed by atoms with Gasteiger partial charge in [-0.15, -0.1) is 0 Å². The van der Waals surface area contributed by atoms with E-state index < -0.39 is 23.3 Å². The third-order valence-corrected chi connectivity index (χ3v) is 8.26. The minimum Gasteiger partial charge on any atom is -0.465 e. The van der Waals surface area contributed by atoms with Crippen LogP contribution in [-0.4, -0.2) is 72.4 Å². The van der Waals surface area contributed by atoms with Gasteiger partial charge in [-0.3, -0.25) is 0 Å². The van der Waals surface area contributed by atoms with Crippen LogP contribution in [0.5, 0.6) is 0 Å². The predicted molar refractivity (Wildman–Crippen MR) is 154 cm³/mol. The van der Waals surface area contributed by atoms with Crippen molar-refractivity contribution >= 4 is 34.1 Å². The third kappa shape index (κ3) is 5.28. The summed E-state index contributed by atoms with van der Waals surface area (Å²) >= 11 is 0. The number of rotatable bonds is 5. The molecular weight excluding hydrogens is 544 g/mol. The second kappa shape index (κ2) is 10.6. The monoisotopic (exact) mass is 579 g/mol. The predicted octanol–water partition coefficient (Wildman–Crippen LogP) is 6.55. The fourth-order valence-corrected chi connectivity index (χ4v) is 6.44. The SMILES string of the molecule is CC(C)(C)OC(=O)N1CCCC1Cn1c(-c2[nH]c3cc(F)ccc3c2CC2CCCN2C(=O)O)nc2cc(F)ccc21. The fraction of sp³-hybridized carbons (Fsp3) is 0.452. The first-order valence-corrected chi connectivity index (χ1v) is 14.4. The number of nitrogens with one attached hydrogen (secondary N) is 1. The Kier molecular flexibility index (Phi) is 7.06. The van der Waals surface area contributed by atoms with Crippen molar-refractivity contribution in [1.82, 2.24) is 24.3 Å². The van der Waals surface area contributed by atoms with Crippen LogP contribution in [0.3, 0.4) is 0 Å². The van der Waals surface area contributed by atoms with Gasteiger partial charge >= 0.3 is 12.2 Å². The minimum absolute atomic E-state index is 0.177. The lowest BCUT2D eigenvalue weighted by Gasteiger charge is -2.29. The fourth-order valence-electron chi connectivity index (χ4n) is 6.44. The highest BCUT2D eigenvalue weighted by molar-refractivity contribution is 5.92. The van der Waals surface area contributed by atoms with Gasteiger partial charge in [0.2, 0.25) is 0 Å². The number of aromatic nitrogens is 3. The van der Waals surface area contributed by atoms with Crippen molar-refractivity contribution in [2.24, 2.45) is 0 Å². The van der Waals surface area contributed by atoms with Crippen molar-refractivity contribution in [1.29, 1.82) is 0 Å². The van der Waals surface area contributed by atoms with Gasteiger partial charge in [0.25, 0.3) is 0 Å². The summed E-state index contributed by atoms with van der Waals surface area (Å²) in [5.74, 6) is -0.292. The second-order valence-electron chi connectivity index (χ2n) is 12.3. The summed E-state index contributed by atoms with van der Waals surface area (Å²) in [4.78, 5) is 36.4. The minimum atomic E-state index is -0.962. The van der Waals surface area contributed by atoms with Gasteiger partial charge < -0.3 is 29.2 Å². The lowest BCUT2D eigenvalue weighted by Crippen LogP contribution is -2.41. The molecule has 0 aliphatic carbocycles. The van der Waals surface area contributed by atoms with E-state index in [9.17, 15) is 23.5 Å². The van der Waals surface area contributed by atoms with Crippen molar-refractivity contribution in [2.75, 3.05) is 13.1 Å². The number of aromatic amines is 1. The second-order valence-corrected chi connectivity index (χ2v) is 12.3. The van der Waals surface area contributed by atoms with Crippen LogP contribution in [-0.2, 0) is 17.7 Å². The molecule has 0 spiro atoms. The number of likely N-dealkylation sites (tertiary alicyclic amines) is 2. The molecule has 2 unspecified atom stereocenters. The molecule has 42 heavy (non-hydrogen) atoms. The van der Waals surface area contributed by atoms with Gasteiger partial charge in [0.15, 0.2) is 5.82 Å². The van der Waals surface area contributed by atoms with Gasteiger partial charge in [0.05, 0.1) is 22.8 Å². The Labute approximate surface area is 242 Å². The number of H-pyrrole nitrogens is 1. The summed E-state index contributed by atoms with van der Waals surface area (Å²) < 4.78 is 36.4. The summed E-state index contributed by atoms with van der Waals surface area (Å²) in [6.07, 6.45) is 2.15. The van der Waals surface area contributed by atoms with Crippen molar-refractivity contribution in [3.63, 3.8) is 0 Å². The number of carboxylic acid groups (broad SMARTS) is 1. The van der Waals surface area contributed by atoms with Gasteiger partial charge in [0.1, 0.15) is 17.2 Å². The third-order valence-electron chi connectivity index (χ3n) is 8.26. The van der Waals surface area contributed by atoms with Gasteiger partial charge in [-0.1, -0.05) is 0 Å². The van der Waals surface area contributed by atoms with E-state index in [1.807, 2.05) is 25.3 Å². The molecule has 2 aromatic heterocycles. The first kappa shape index (κ1) is 28.0. The van der Waals surface area contributed by atoms with Crippen LogP contribution in [0.25, 0.3) is 33.5 Å². The quantitative estimate of drug-likeness (QED) is 0.279. The van der Waals surface area contributed by atoms with Crippen LogP contribution < -0.4 is 0 Å². The molecule has 2 aliphatic heterocycles. The Morgan fingerprint density at radius 2 is 1.71 bits per heavy atom. The van der Waals surface area contributed by atoms with Crippen LogP contribution in [0.4, 0.5) is 18.4 Å². The molecule has 222 valence electrons. The number of imidazole rings is 1. The molecule has 2 atom stereocenters. The number of halogens is 2. The molecule has 2 amide bonds. The Morgan fingerprint density at radius 1 is 1.02 bits per heavy atom. The van der Waals surface area contributed by atoms with Gasteiger partial charge in [-0.05, 0) is 88.8 Å². The number of carbonyl (C=O) groups is 2. The number of carbonyl (C=O) groups excluding carboxylic acids is 1. The van der Waals surface area contributed by atoms with Gasteiger partial charge in [0, 0.05) is 42.6 Å². The van der Waals surface area contributed by atoms with Crippen molar-refractivity contribution < 1.29 is 28.2 Å². The lowest BCUT2D eigenvalue weighted by molar-refractivity contribution is 0.0215. The number of amides is 2. The van der Waals surface area contributed by atoms with E-state index in [1.165, 1.54) is 29.2 Å².